The molecule has 0 radical (unpaired) electrons. The van der Waals surface area contributed by atoms with Gasteiger partial charge in [-0.3, -0.25) is 24.0 Å². The van der Waals surface area contributed by atoms with Crippen molar-refractivity contribution in [1.82, 2.24) is 26.2 Å². The summed E-state index contributed by atoms with van der Waals surface area (Å²) in [6.07, 6.45) is 8.22. The highest BCUT2D eigenvalue weighted by molar-refractivity contribution is 5.89. The summed E-state index contributed by atoms with van der Waals surface area (Å²) in [5.41, 5.74) is 16.4. The first-order chi connectivity index (χ1) is 18.2. The second-order valence-corrected chi connectivity index (χ2v) is 10.3. The first kappa shape index (κ1) is 31.4. The molecule has 2 atom stereocenters. The van der Waals surface area contributed by atoms with Crippen LogP contribution in [0.5, 0.6) is 0 Å². The lowest BCUT2D eigenvalue weighted by molar-refractivity contribution is -0.139. The van der Waals surface area contributed by atoms with Gasteiger partial charge in [-0.2, -0.15) is 0 Å². The fourth-order valence-corrected chi connectivity index (χ4v) is 4.06. The molecular weight excluding hydrogens is 492 g/mol. The molecule has 10 N–H and O–H groups in total. The summed E-state index contributed by atoms with van der Waals surface area (Å²) in [6.45, 7) is 0.408. The van der Waals surface area contributed by atoms with Crippen molar-refractivity contribution >= 4 is 29.5 Å². The van der Waals surface area contributed by atoms with Gasteiger partial charge in [-0.05, 0) is 64.2 Å². The molecular formula is C25H46N8O5. The summed E-state index contributed by atoms with van der Waals surface area (Å²) in [5.74, 6) is -1.84. The Morgan fingerprint density at radius 2 is 1.13 bits per heavy atom. The average Bonchev–Trinajstić information content (AvgIpc) is 3.78. The van der Waals surface area contributed by atoms with E-state index in [2.05, 4.69) is 21.3 Å². The number of amides is 5. The molecule has 0 aromatic carbocycles. The average molecular weight is 539 g/mol. The van der Waals surface area contributed by atoms with Crippen molar-refractivity contribution in [1.29, 1.82) is 0 Å². The molecule has 0 bridgehead atoms. The van der Waals surface area contributed by atoms with Crippen LogP contribution in [0.4, 0.5) is 0 Å². The summed E-state index contributed by atoms with van der Waals surface area (Å²) in [6, 6.07) is 0.0462. The van der Waals surface area contributed by atoms with Gasteiger partial charge in [0.1, 0.15) is 13.1 Å². The van der Waals surface area contributed by atoms with E-state index in [4.69, 9.17) is 17.2 Å². The highest BCUT2D eigenvalue weighted by atomic mass is 16.2. The van der Waals surface area contributed by atoms with E-state index in [1.807, 2.05) is 0 Å². The molecule has 2 unspecified atom stereocenters. The molecule has 0 heterocycles. The van der Waals surface area contributed by atoms with E-state index in [0.29, 0.717) is 63.7 Å². The molecule has 38 heavy (non-hydrogen) atoms. The molecule has 0 aromatic rings. The number of hydrogen-bond acceptors (Lipinski definition) is 8. The molecule has 0 aromatic heterocycles. The zero-order valence-corrected chi connectivity index (χ0v) is 22.3. The minimum atomic E-state index is -0.372. The maximum atomic E-state index is 12.4. The van der Waals surface area contributed by atoms with Crippen LogP contribution in [0.1, 0.15) is 70.6 Å². The molecule has 0 spiro atoms. The maximum Gasteiger partial charge on any atom is 0.239 e. The van der Waals surface area contributed by atoms with E-state index in [-0.39, 0.29) is 67.7 Å². The van der Waals surface area contributed by atoms with E-state index in [1.54, 1.807) is 0 Å². The van der Waals surface area contributed by atoms with Crippen LogP contribution in [0, 0.1) is 0 Å². The van der Waals surface area contributed by atoms with Crippen LogP contribution in [-0.2, 0) is 24.0 Å². The summed E-state index contributed by atoms with van der Waals surface area (Å²) in [4.78, 5) is 61.5. The molecule has 5 amide bonds. The Balaban J connectivity index is 1.64. The summed E-state index contributed by atoms with van der Waals surface area (Å²) in [5, 5.41) is 12.0. The number of primary amides is 2. The predicted molar refractivity (Wildman–Crippen MR) is 142 cm³/mol. The van der Waals surface area contributed by atoms with Gasteiger partial charge >= 0.3 is 0 Å². The third kappa shape index (κ3) is 13.7. The third-order valence-corrected chi connectivity index (χ3v) is 6.58. The Labute approximate surface area is 224 Å². The molecule has 2 aliphatic rings. The van der Waals surface area contributed by atoms with Gasteiger partial charge in [0.15, 0.2) is 0 Å². The molecule has 0 aliphatic heterocycles. The standard InChI is InChI=1S/C25H46N8O5/c26-12-11-23(36)33(15-21(34)29-13-3-1-5-19(24(27)37)31-17-7-8-17)16-22(35)30-14-4-2-6-20(25(28)38)32-18-9-10-18/h17-20,31-32H,1-16,26H2,(H2,27,37)(H2,28,38)(H,29,34)(H,30,35). The third-order valence-electron chi connectivity index (χ3n) is 6.58. The Kier molecular flexibility index (Phi) is 14.0. The van der Waals surface area contributed by atoms with Gasteiger partial charge in [-0.15, -0.1) is 0 Å². The van der Waals surface area contributed by atoms with Gasteiger partial charge in [0, 0.05) is 38.1 Å². The second kappa shape index (κ2) is 16.9. The lowest BCUT2D eigenvalue weighted by Gasteiger charge is -2.22. The van der Waals surface area contributed by atoms with Crippen molar-refractivity contribution in [3.8, 4) is 0 Å². The first-order valence-corrected chi connectivity index (χ1v) is 13.8. The van der Waals surface area contributed by atoms with Gasteiger partial charge in [-0.25, -0.2) is 0 Å². The van der Waals surface area contributed by atoms with Gasteiger partial charge < -0.3 is 43.4 Å². The van der Waals surface area contributed by atoms with E-state index in [0.717, 1.165) is 25.7 Å². The number of nitrogens with one attached hydrogen (secondary N) is 4. The highest BCUT2D eigenvalue weighted by Crippen LogP contribution is 2.21. The van der Waals surface area contributed by atoms with E-state index >= 15 is 0 Å². The van der Waals surface area contributed by atoms with Crippen molar-refractivity contribution in [2.45, 2.75) is 94.8 Å². The highest BCUT2D eigenvalue weighted by Gasteiger charge is 2.27. The Morgan fingerprint density at radius 1 is 0.711 bits per heavy atom. The van der Waals surface area contributed by atoms with Crippen LogP contribution in [0.3, 0.4) is 0 Å². The number of carbonyl (C=O) groups is 5. The van der Waals surface area contributed by atoms with Crippen LogP contribution >= 0.6 is 0 Å². The number of rotatable bonds is 22. The van der Waals surface area contributed by atoms with E-state index in [9.17, 15) is 24.0 Å². The van der Waals surface area contributed by atoms with Crippen molar-refractivity contribution in [2.24, 2.45) is 17.2 Å². The number of unbranched alkanes of at least 4 members (excludes halogenated alkanes) is 2. The van der Waals surface area contributed by atoms with Crippen LogP contribution in [0.2, 0.25) is 0 Å². The van der Waals surface area contributed by atoms with Crippen LogP contribution in [0.15, 0.2) is 0 Å². The van der Waals surface area contributed by atoms with Crippen LogP contribution in [-0.4, -0.2) is 91.3 Å². The van der Waals surface area contributed by atoms with Gasteiger partial charge in [0.05, 0.1) is 12.1 Å². The molecule has 13 nitrogen and oxygen atoms in total. The van der Waals surface area contributed by atoms with Crippen molar-refractivity contribution < 1.29 is 24.0 Å². The van der Waals surface area contributed by atoms with Gasteiger partial charge in [-0.1, -0.05) is 0 Å². The largest absolute Gasteiger partial charge is 0.368 e. The fourth-order valence-electron chi connectivity index (χ4n) is 4.06. The van der Waals surface area contributed by atoms with Crippen molar-refractivity contribution in [2.75, 3.05) is 32.7 Å². The fraction of sp³-hybridized carbons (Fsp3) is 0.800. The minimum Gasteiger partial charge on any atom is -0.368 e. The van der Waals surface area contributed by atoms with E-state index in [1.165, 1.54) is 4.90 Å². The lowest BCUT2D eigenvalue weighted by Crippen LogP contribution is -2.46. The quantitative estimate of drug-likeness (QED) is 0.0760. The topological polar surface area (TPSA) is 215 Å². The van der Waals surface area contributed by atoms with Crippen molar-refractivity contribution in [3.63, 3.8) is 0 Å². The number of hydrogen-bond donors (Lipinski definition) is 7. The zero-order valence-electron chi connectivity index (χ0n) is 22.3. The van der Waals surface area contributed by atoms with Gasteiger partial charge in [0.25, 0.3) is 0 Å². The normalized spacial score (nSPS) is 16.3. The zero-order chi connectivity index (χ0) is 27.9. The smallest absolute Gasteiger partial charge is 0.239 e. The Bertz CT molecular complexity index is 747. The molecule has 2 aliphatic carbocycles. The molecule has 216 valence electrons. The summed E-state index contributed by atoms with van der Waals surface area (Å²) < 4.78 is 0. The SMILES string of the molecule is NCCC(=O)N(CC(=O)NCCCCC(NC1CC1)C(N)=O)CC(=O)NCCCCC(NC1CC1)C(N)=O. The Hall–Kier alpha value is -2.77. The second-order valence-electron chi connectivity index (χ2n) is 10.3. The van der Waals surface area contributed by atoms with Crippen LogP contribution < -0.4 is 38.5 Å². The molecule has 2 saturated carbocycles. The van der Waals surface area contributed by atoms with Crippen LogP contribution in [0.25, 0.3) is 0 Å². The molecule has 2 rings (SSSR count). The Morgan fingerprint density at radius 3 is 1.47 bits per heavy atom. The minimum absolute atomic E-state index is 0.0333. The molecule has 2 fully saturated rings. The molecule has 0 saturated heterocycles. The monoisotopic (exact) mass is 538 g/mol. The number of carbonyl (C=O) groups excluding carboxylic acids is 5. The lowest BCUT2D eigenvalue weighted by atomic mass is 10.1. The predicted octanol–water partition coefficient (Wildman–Crippen LogP) is -2.05. The van der Waals surface area contributed by atoms with Crippen molar-refractivity contribution in [3.05, 3.63) is 0 Å². The summed E-state index contributed by atoms with van der Waals surface area (Å²) >= 11 is 0. The van der Waals surface area contributed by atoms with E-state index < -0.39 is 0 Å². The van der Waals surface area contributed by atoms with Gasteiger partial charge in [0.2, 0.25) is 29.5 Å². The first-order valence-electron chi connectivity index (χ1n) is 13.8. The molecule has 13 heteroatoms. The number of nitrogens with zero attached hydrogens (tertiary/aromatic N) is 1. The maximum absolute atomic E-state index is 12.4. The number of nitrogens with two attached hydrogens (primary N) is 3. The summed E-state index contributed by atoms with van der Waals surface area (Å²) in [7, 11) is 0.